The highest BCUT2D eigenvalue weighted by Gasteiger charge is 2.21. The molecule has 0 spiro atoms. The van der Waals surface area contributed by atoms with Crippen molar-refractivity contribution in [3.05, 3.63) is 59.2 Å². The van der Waals surface area contributed by atoms with E-state index >= 15 is 0 Å². The first-order chi connectivity index (χ1) is 16.5. The fourth-order valence-electron chi connectivity index (χ4n) is 4.12. The summed E-state index contributed by atoms with van der Waals surface area (Å²) in [6.07, 6.45) is 4.35. The number of nitrogens with two attached hydrogens (primary N) is 2. The molecule has 5 rings (SSSR count). The van der Waals surface area contributed by atoms with Crippen LogP contribution in [-0.4, -0.2) is 54.8 Å². The molecule has 174 valence electrons. The fourth-order valence-corrected chi connectivity index (χ4v) is 4.12. The molecule has 4 aromatic heterocycles. The standard InChI is InChI=1S/C22H24N10O2/c23-21-29-15-11(5-9-27-19(33)13-3-1-7-25-13)16-18(32-22(24)30-16)12(17(15)31-21)6-10-28-20(34)14-4-2-8-26-14/h1-4,7-8,25-26H,5-6,9-10H2,(H,27,33)(H,28,34)(H3,23,29,31)(H3,24,30,32). The molecule has 12 nitrogen and oxygen atoms in total. The minimum absolute atomic E-state index is 0.194. The van der Waals surface area contributed by atoms with Crippen LogP contribution >= 0.6 is 0 Å². The molecule has 0 unspecified atom stereocenters. The first-order valence-corrected chi connectivity index (χ1v) is 10.8. The van der Waals surface area contributed by atoms with Gasteiger partial charge in [-0.1, -0.05) is 0 Å². The Hall–Kier alpha value is -4.74. The number of fused-ring (bicyclic) bond motifs is 2. The monoisotopic (exact) mass is 460 g/mol. The molecule has 0 fully saturated rings. The molecule has 0 saturated carbocycles. The molecular weight excluding hydrogens is 436 g/mol. The Labute approximate surface area is 192 Å². The smallest absolute Gasteiger partial charge is 0.267 e. The van der Waals surface area contributed by atoms with E-state index < -0.39 is 0 Å². The number of H-pyrrole nitrogens is 4. The van der Waals surface area contributed by atoms with Crippen molar-refractivity contribution < 1.29 is 9.59 Å². The van der Waals surface area contributed by atoms with E-state index in [1.807, 2.05) is 0 Å². The van der Waals surface area contributed by atoms with E-state index in [0.717, 1.165) is 22.2 Å². The average molecular weight is 461 g/mol. The van der Waals surface area contributed by atoms with E-state index in [2.05, 4.69) is 40.5 Å². The maximum absolute atomic E-state index is 12.3. The summed E-state index contributed by atoms with van der Waals surface area (Å²) in [4.78, 5) is 45.5. The molecule has 4 heterocycles. The predicted molar refractivity (Wildman–Crippen MR) is 128 cm³/mol. The van der Waals surface area contributed by atoms with Crippen LogP contribution in [0, 0.1) is 0 Å². The van der Waals surface area contributed by atoms with Gasteiger partial charge in [-0.15, -0.1) is 0 Å². The molecule has 34 heavy (non-hydrogen) atoms. The van der Waals surface area contributed by atoms with Crippen molar-refractivity contribution in [1.29, 1.82) is 0 Å². The number of nitrogens with zero attached hydrogens (tertiary/aromatic N) is 2. The molecule has 0 aliphatic carbocycles. The maximum Gasteiger partial charge on any atom is 0.267 e. The van der Waals surface area contributed by atoms with E-state index in [9.17, 15) is 9.59 Å². The summed E-state index contributed by atoms with van der Waals surface area (Å²) in [7, 11) is 0. The number of benzene rings is 1. The van der Waals surface area contributed by atoms with Crippen LogP contribution in [0.4, 0.5) is 11.9 Å². The molecule has 0 atom stereocenters. The number of hydrogen-bond donors (Lipinski definition) is 8. The lowest BCUT2D eigenvalue weighted by Crippen LogP contribution is -2.26. The average Bonchev–Trinajstić information content (AvgIpc) is 3.61. The van der Waals surface area contributed by atoms with E-state index in [1.54, 1.807) is 36.7 Å². The Bertz CT molecular complexity index is 1300. The van der Waals surface area contributed by atoms with Crippen molar-refractivity contribution in [3.8, 4) is 0 Å². The quantitative estimate of drug-likeness (QED) is 0.171. The van der Waals surface area contributed by atoms with Crippen molar-refractivity contribution in [3.63, 3.8) is 0 Å². The molecule has 5 aromatic rings. The van der Waals surface area contributed by atoms with Gasteiger partial charge in [-0.3, -0.25) is 9.59 Å². The minimum atomic E-state index is -0.199. The molecule has 0 saturated heterocycles. The summed E-state index contributed by atoms with van der Waals surface area (Å²) in [5.41, 5.74) is 17.5. The number of rotatable bonds is 8. The molecule has 1 aromatic carbocycles. The third-order valence-electron chi connectivity index (χ3n) is 5.63. The summed E-state index contributed by atoms with van der Waals surface area (Å²) in [6.45, 7) is 0.749. The van der Waals surface area contributed by atoms with Crippen molar-refractivity contribution in [1.82, 2.24) is 40.5 Å². The van der Waals surface area contributed by atoms with Gasteiger partial charge in [0.25, 0.3) is 11.8 Å². The number of anilines is 2. The Balaban J connectivity index is 1.42. The van der Waals surface area contributed by atoms with Gasteiger partial charge in [-0.2, -0.15) is 0 Å². The van der Waals surface area contributed by atoms with Crippen LogP contribution in [0.5, 0.6) is 0 Å². The van der Waals surface area contributed by atoms with Gasteiger partial charge in [-0.05, 0) is 37.1 Å². The van der Waals surface area contributed by atoms with Crippen LogP contribution in [-0.2, 0) is 12.8 Å². The molecular formula is C22H24N10O2. The Morgan fingerprint density at radius 2 is 1.24 bits per heavy atom. The number of nitrogens with one attached hydrogen (secondary N) is 6. The molecule has 0 bridgehead atoms. The summed E-state index contributed by atoms with van der Waals surface area (Å²) < 4.78 is 0. The Kier molecular flexibility index (Phi) is 5.38. The first-order valence-electron chi connectivity index (χ1n) is 10.8. The Morgan fingerprint density at radius 3 is 1.68 bits per heavy atom. The zero-order valence-corrected chi connectivity index (χ0v) is 18.2. The predicted octanol–water partition coefficient (Wildman–Crippen LogP) is 1.20. The number of nitrogen functional groups attached to an aromatic ring is 2. The summed E-state index contributed by atoms with van der Waals surface area (Å²) in [5, 5.41) is 5.79. The molecule has 0 radical (unpaired) electrons. The van der Waals surface area contributed by atoms with Crippen LogP contribution in [0.1, 0.15) is 32.1 Å². The third-order valence-corrected chi connectivity index (χ3v) is 5.63. The highest BCUT2D eigenvalue weighted by Crippen LogP contribution is 2.32. The SMILES string of the molecule is Nc1nc2c(CCNC(=O)c3ccc[nH]3)c3nc(N)[nH]c3c(CCNC(=O)c3ccc[nH]3)c2[nH]1. The number of aromatic amines is 4. The topological polar surface area (TPSA) is 199 Å². The van der Waals surface area contributed by atoms with E-state index in [4.69, 9.17) is 11.5 Å². The summed E-state index contributed by atoms with van der Waals surface area (Å²) in [6, 6.07) is 6.94. The number of aromatic nitrogens is 6. The highest BCUT2D eigenvalue weighted by molar-refractivity contribution is 6.01. The van der Waals surface area contributed by atoms with Crippen molar-refractivity contribution in [2.75, 3.05) is 24.6 Å². The largest absolute Gasteiger partial charge is 0.369 e. The van der Waals surface area contributed by atoms with Gasteiger partial charge in [0.05, 0.1) is 22.1 Å². The highest BCUT2D eigenvalue weighted by atomic mass is 16.2. The van der Waals surface area contributed by atoms with Gasteiger partial charge in [-0.25, -0.2) is 9.97 Å². The van der Waals surface area contributed by atoms with Gasteiger partial charge in [0.15, 0.2) is 11.9 Å². The van der Waals surface area contributed by atoms with Crippen LogP contribution in [0.2, 0.25) is 0 Å². The zero-order chi connectivity index (χ0) is 23.7. The number of hydrogen-bond acceptors (Lipinski definition) is 6. The fraction of sp³-hybridized carbons (Fsp3) is 0.182. The second kappa shape index (κ2) is 8.65. The normalized spacial score (nSPS) is 11.3. The van der Waals surface area contributed by atoms with E-state index in [-0.39, 0.29) is 23.7 Å². The zero-order valence-electron chi connectivity index (χ0n) is 18.2. The van der Waals surface area contributed by atoms with Crippen LogP contribution in [0.3, 0.4) is 0 Å². The molecule has 0 aliphatic rings. The molecule has 12 heteroatoms. The van der Waals surface area contributed by atoms with E-state index in [1.165, 1.54) is 0 Å². The van der Waals surface area contributed by atoms with Crippen LogP contribution in [0.25, 0.3) is 22.1 Å². The van der Waals surface area contributed by atoms with Crippen molar-refractivity contribution in [2.24, 2.45) is 0 Å². The number of amides is 2. The summed E-state index contributed by atoms with van der Waals surface area (Å²) in [5.74, 6) is 0.142. The lowest BCUT2D eigenvalue weighted by molar-refractivity contribution is 0.0941. The molecule has 2 amide bonds. The summed E-state index contributed by atoms with van der Waals surface area (Å²) >= 11 is 0. The third kappa shape index (κ3) is 3.92. The lowest BCUT2D eigenvalue weighted by Gasteiger charge is -2.11. The first kappa shape index (κ1) is 21.1. The van der Waals surface area contributed by atoms with E-state index in [0.29, 0.717) is 48.4 Å². The van der Waals surface area contributed by atoms with Gasteiger partial charge in [0, 0.05) is 36.6 Å². The lowest BCUT2D eigenvalue weighted by atomic mass is 10.0. The minimum Gasteiger partial charge on any atom is -0.369 e. The van der Waals surface area contributed by atoms with Gasteiger partial charge >= 0.3 is 0 Å². The molecule has 10 N–H and O–H groups in total. The van der Waals surface area contributed by atoms with Crippen molar-refractivity contribution in [2.45, 2.75) is 12.8 Å². The second-order valence-electron chi connectivity index (χ2n) is 7.83. The Morgan fingerprint density at radius 1 is 0.765 bits per heavy atom. The number of imidazole rings is 2. The van der Waals surface area contributed by atoms with Crippen LogP contribution < -0.4 is 22.1 Å². The van der Waals surface area contributed by atoms with Gasteiger partial charge in [0.2, 0.25) is 0 Å². The maximum atomic E-state index is 12.3. The van der Waals surface area contributed by atoms with Crippen molar-refractivity contribution >= 4 is 45.8 Å². The molecule has 0 aliphatic heterocycles. The van der Waals surface area contributed by atoms with Crippen LogP contribution in [0.15, 0.2) is 36.7 Å². The second-order valence-corrected chi connectivity index (χ2v) is 7.83. The van der Waals surface area contributed by atoms with Gasteiger partial charge in [0.1, 0.15) is 11.4 Å². The number of carbonyl (C=O) groups is 2. The van der Waals surface area contributed by atoms with Gasteiger partial charge < -0.3 is 42.0 Å². The number of carbonyl (C=O) groups excluding carboxylic acids is 2.